The second-order valence-electron chi connectivity index (χ2n) is 5.95. The van der Waals surface area contributed by atoms with Crippen molar-refractivity contribution in [2.75, 3.05) is 5.32 Å². The third-order valence-corrected chi connectivity index (χ3v) is 3.90. The maximum absolute atomic E-state index is 12.8. The first-order valence-electron chi connectivity index (χ1n) is 8.18. The van der Waals surface area contributed by atoms with Gasteiger partial charge < -0.3 is 9.84 Å². The van der Waals surface area contributed by atoms with Crippen molar-refractivity contribution in [3.05, 3.63) is 65.5 Å². The van der Waals surface area contributed by atoms with Crippen LogP contribution in [0.5, 0.6) is 0 Å². The van der Waals surface area contributed by atoms with Crippen molar-refractivity contribution < 1.29 is 22.5 Å². The Morgan fingerprint density at radius 1 is 1.15 bits per heavy atom. The van der Waals surface area contributed by atoms with Gasteiger partial charge in [0.2, 0.25) is 17.6 Å². The van der Waals surface area contributed by atoms with Crippen LogP contribution in [0.4, 0.5) is 18.9 Å². The number of amides is 1. The first kappa shape index (κ1) is 18.6. The first-order valence-corrected chi connectivity index (χ1v) is 8.18. The lowest BCUT2D eigenvalue weighted by Gasteiger charge is -2.07. The lowest BCUT2D eigenvalue weighted by atomic mass is 10.1. The maximum Gasteiger partial charge on any atom is 0.416 e. The number of nitrogens with one attached hydrogen (secondary N) is 1. The van der Waals surface area contributed by atoms with Crippen LogP contribution >= 0.6 is 0 Å². The number of rotatable bonds is 5. The van der Waals surface area contributed by atoms with Gasteiger partial charge in [-0.2, -0.15) is 18.2 Å². The highest BCUT2D eigenvalue weighted by atomic mass is 19.4. The van der Waals surface area contributed by atoms with Gasteiger partial charge in [-0.1, -0.05) is 35.5 Å². The molecule has 1 amide bonds. The zero-order valence-electron chi connectivity index (χ0n) is 14.4. The Hall–Kier alpha value is -3.16. The standard InChI is InChI=1S/C19H16F3N3O2/c1-12-5-2-3-8-15(12)23-16(26)9-10-17-24-18(25-27-17)13-6-4-7-14(11-13)19(20,21)22/h2-8,11H,9-10H2,1H3,(H,23,26). The van der Waals surface area contributed by atoms with E-state index in [0.29, 0.717) is 0 Å². The zero-order valence-corrected chi connectivity index (χ0v) is 14.4. The van der Waals surface area contributed by atoms with Crippen LogP contribution in [0.3, 0.4) is 0 Å². The summed E-state index contributed by atoms with van der Waals surface area (Å²) >= 11 is 0. The summed E-state index contributed by atoms with van der Waals surface area (Å²) in [4.78, 5) is 16.1. The molecule has 0 fully saturated rings. The van der Waals surface area contributed by atoms with Crippen molar-refractivity contribution in [1.29, 1.82) is 0 Å². The number of carbonyl (C=O) groups is 1. The molecule has 0 saturated carbocycles. The number of hydrogen-bond donors (Lipinski definition) is 1. The predicted octanol–water partition coefficient (Wildman–Crippen LogP) is 4.64. The number of hydrogen-bond acceptors (Lipinski definition) is 4. The Morgan fingerprint density at radius 3 is 2.67 bits per heavy atom. The van der Waals surface area contributed by atoms with E-state index in [1.54, 1.807) is 6.07 Å². The molecular formula is C19H16F3N3O2. The van der Waals surface area contributed by atoms with Crippen molar-refractivity contribution in [2.45, 2.75) is 25.9 Å². The minimum atomic E-state index is -4.45. The Balaban J connectivity index is 1.63. The summed E-state index contributed by atoms with van der Waals surface area (Å²) in [5.74, 6) is 0.0147. The van der Waals surface area contributed by atoms with Gasteiger partial charge in [-0.3, -0.25) is 4.79 Å². The molecule has 27 heavy (non-hydrogen) atoms. The average Bonchev–Trinajstić information content (AvgIpc) is 3.10. The Morgan fingerprint density at radius 2 is 1.93 bits per heavy atom. The number of aromatic nitrogens is 2. The van der Waals surface area contributed by atoms with Crippen LogP contribution in [0, 0.1) is 6.92 Å². The van der Waals surface area contributed by atoms with E-state index in [9.17, 15) is 18.0 Å². The summed E-state index contributed by atoms with van der Waals surface area (Å²) in [6.07, 6.45) is -4.15. The molecule has 8 heteroatoms. The number of anilines is 1. The number of benzene rings is 2. The summed E-state index contributed by atoms with van der Waals surface area (Å²) in [6, 6.07) is 12.1. The van der Waals surface area contributed by atoms with E-state index in [1.807, 2.05) is 25.1 Å². The van der Waals surface area contributed by atoms with E-state index in [1.165, 1.54) is 12.1 Å². The lowest BCUT2D eigenvalue weighted by Crippen LogP contribution is -2.13. The SMILES string of the molecule is Cc1ccccc1NC(=O)CCc1nc(-c2cccc(C(F)(F)F)c2)no1. The van der Waals surface area contributed by atoms with Crippen LogP contribution in [0.1, 0.15) is 23.4 Å². The topological polar surface area (TPSA) is 68.0 Å². The van der Waals surface area contributed by atoms with Crippen molar-refractivity contribution in [1.82, 2.24) is 10.1 Å². The second-order valence-corrected chi connectivity index (χ2v) is 5.95. The quantitative estimate of drug-likeness (QED) is 0.706. The Bertz CT molecular complexity index is 951. The van der Waals surface area contributed by atoms with Crippen molar-refractivity contribution in [3.8, 4) is 11.4 Å². The molecule has 1 N–H and O–H groups in total. The van der Waals surface area contributed by atoms with Crippen LogP contribution in [-0.2, 0) is 17.4 Å². The number of para-hydroxylation sites is 1. The van der Waals surface area contributed by atoms with Crippen molar-refractivity contribution >= 4 is 11.6 Å². The minimum Gasteiger partial charge on any atom is -0.339 e. The highest BCUT2D eigenvalue weighted by Crippen LogP contribution is 2.31. The van der Waals surface area contributed by atoms with Gasteiger partial charge in [0.1, 0.15) is 0 Å². The Kier molecular flexibility index (Phi) is 5.25. The molecule has 140 valence electrons. The molecule has 0 aliphatic rings. The smallest absolute Gasteiger partial charge is 0.339 e. The molecule has 0 unspecified atom stereocenters. The summed E-state index contributed by atoms with van der Waals surface area (Å²) in [6.45, 7) is 1.88. The fourth-order valence-corrected chi connectivity index (χ4v) is 2.45. The van der Waals surface area contributed by atoms with Crippen molar-refractivity contribution in [2.24, 2.45) is 0 Å². The highest BCUT2D eigenvalue weighted by molar-refractivity contribution is 5.91. The van der Waals surface area contributed by atoms with Crippen LogP contribution in [0.2, 0.25) is 0 Å². The molecule has 0 aliphatic carbocycles. The van der Waals surface area contributed by atoms with Gasteiger partial charge in [0.15, 0.2) is 0 Å². The van der Waals surface area contributed by atoms with E-state index in [2.05, 4.69) is 15.5 Å². The molecule has 3 rings (SSSR count). The molecule has 0 atom stereocenters. The van der Waals surface area contributed by atoms with Crippen LogP contribution in [-0.4, -0.2) is 16.0 Å². The zero-order chi connectivity index (χ0) is 19.4. The molecule has 0 spiro atoms. The summed E-state index contributed by atoms with van der Waals surface area (Å²) in [5, 5.41) is 6.49. The van der Waals surface area contributed by atoms with Crippen LogP contribution in [0.15, 0.2) is 53.1 Å². The first-order chi connectivity index (χ1) is 12.8. The average molecular weight is 375 g/mol. The molecule has 0 bridgehead atoms. The summed E-state index contributed by atoms with van der Waals surface area (Å²) in [5.41, 5.74) is 1.07. The number of aryl methyl sites for hydroxylation is 2. The minimum absolute atomic E-state index is 0.0513. The summed E-state index contributed by atoms with van der Waals surface area (Å²) < 4.78 is 43.4. The highest BCUT2D eigenvalue weighted by Gasteiger charge is 2.30. The van der Waals surface area contributed by atoms with E-state index < -0.39 is 11.7 Å². The third kappa shape index (κ3) is 4.72. The fraction of sp³-hybridized carbons (Fsp3) is 0.211. The molecule has 1 aromatic heterocycles. The molecule has 5 nitrogen and oxygen atoms in total. The Labute approximate surface area is 153 Å². The summed E-state index contributed by atoms with van der Waals surface area (Å²) in [7, 11) is 0. The second kappa shape index (κ2) is 7.61. The van der Waals surface area contributed by atoms with Gasteiger partial charge in [-0.15, -0.1) is 0 Å². The third-order valence-electron chi connectivity index (χ3n) is 3.90. The van der Waals surface area contributed by atoms with Gasteiger partial charge in [-0.05, 0) is 30.7 Å². The molecular weight excluding hydrogens is 359 g/mol. The van der Waals surface area contributed by atoms with Gasteiger partial charge in [0.05, 0.1) is 5.56 Å². The maximum atomic E-state index is 12.8. The van der Waals surface area contributed by atoms with Gasteiger partial charge >= 0.3 is 6.18 Å². The van der Waals surface area contributed by atoms with E-state index in [4.69, 9.17) is 4.52 Å². The molecule has 0 aliphatic heterocycles. The lowest BCUT2D eigenvalue weighted by molar-refractivity contribution is -0.137. The molecule has 0 radical (unpaired) electrons. The van der Waals surface area contributed by atoms with Crippen LogP contribution in [0.25, 0.3) is 11.4 Å². The number of nitrogens with zero attached hydrogens (tertiary/aromatic N) is 2. The number of carbonyl (C=O) groups excluding carboxylic acids is 1. The molecule has 3 aromatic rings. The van der Waals surface area contributed by atoms with Gasteiger partial charge in [-0.25, -0.2) is 0 Å². The van der Waals surface area contributed by atoms with Crippen LogP contribution < -0.4 is 5.32 Å². The van der Waals surface area contributed by atoms with E-state index >= 15 is 0 Å². The number of halogens is 3. The van der Waals surface area contributed by atoms with Gasteiger partial charge in [0, 0.05) is 24.1 Å². The number of alkyl halides is 3. The van der Waals surface area contributed by atoms with E-state index in [-0.39, 0.29) is 36.0 Å². The van der Waals surface area contributed by atoms with Crippen molar-refractivity contribution in [3.63, 3.8) is 0 Å². The largest absolute Gasteiger partial charge is 0.416 e. The predicted molar refractivity (Wildman–Crippen MR) is 92.9 cm³/mol. The molecule has 2 aromatic carbocycles. The normalized spacial score (nSPS) is 11.4. The van der Waals surface area contributed by atoms with Gasteiger partial charge in [0.25, 0.3) is 0 Å². The molecule has 0 saturated heterocycles. The molecule has 1 heterocycles. The van der Waals surface area contributed by atoms with E-state index in [0.717, 1.165) is 23.4 Å². The monoisotopic (exact) mass is 375 g/mol. The fourth-order valence-electron chi connectivity index (χ4n) is 2.45.